The normalized spacial score (nSPS) is 21.2. The monoisotopic (exact) mass is 314 g/mol. The molecule has 1 aromatic carbocycles. The molecular weight excluding hydrogens is 295 g/mol. The molecule has 0 aromatic heterocycles. The summed E-state index contributed by atoms with van der Waals surface area (Å²) in [6, 6.07) is 5.27. The predicted octanol–water partition coefficient (Wildman–Crippen LogP) is 3.11. The Kier molecular flexibility index (Phi) is 4.09. The van der Waals surface area contributed by atoms with E-state index in [4.69, 9.17) is 0 Å². The summed E-state index contributed by atoms with van der Waals surface area (Å²) >= 11 is 3.24. The molecule has 0 N–H and O–H groups in total. The molecule has 1 aliphatic rings. The van der Waals surface area contributed by atoms with Gasteiger partial charge in [-0.3, -0.25) is 9.80 Å². The predicted molar refractivity (Wildman–Crippen MR) is 76.1 cm³/mol. The summed E-state index contributed by atoms with van der Waals surface area (Å²) in [5, 5.41) is 0. The van der Waals surface area contributed by atoms with Crippen LogP contribution in [0.3, 0.4) is 0 Å². The Labute approximate surface area is 117 Å². The molecule has 1 heterocycles. The fourth-order valence-corrected chi connectivity index (χ4v) is 2.80. The quantitative estimate of drug-likeness (QED) is 0.827. The maximum atomic E-state index is 13.2. The van der Waals surface area contributed by atoms with Crippen molar-refractivity contribution in [1.29, 1.82) is 0 Å². The molecule has 0 spiro atoms. The maximum Gasteiger partial charge on any atom is 0.137 e. The van der Waals surface area contributed by atoms with Crippen LogP contribution in [0.15, 0.2) is 22.7 Å². The van der Waals surface area contributed by atoms with E-state index in [1.54, 1.807) is 0 Å². The minimum absolute atomic E-state index is 0.197. The van der Waals surface area contributed by atoms with Gasteiger partial charge in [0.15, 0.2) is 0 Å². The molecule has 0 atom stereocenters. The van der Waals surface area contributed by atoms with Crippen LogP contribution in [0.1, 0.15) is 19.4 Å². The lowest BCUT2D eigenvalue weighted by Crippen LogP contribution is -2.57. The average molecular weight is 315 g/mol. The number of likely N-dealkylation sites (N-methyl/N-ethyl adjacent to an activating group) is 1. The first-order valence-electron chi connectivity index (χ1n) is 6.26. The third-order valence-electron chi connectivity index (χ3n) is 3.79. The van der Waals surface area contributed by atoms with E-state index in [2.05, 4.69) is 46.6 Å². The summed E-state index contributed by atoms with van der Waals surface area (Å²) in [5.74, 6) is -0.197. The zero-order chi connectivity index (χ0) is 13.3. The first kappa shape index (κ1) is 14.0. The molecule has 0 unspecified atom stereocenters. The van der Waals surface area contributed by atoms with Gasteiger partial charge in [-0.25, -0.2) is 4.39 Å². The van der Waals surface area contributed by atoms with Gasteiger partial charge in [0.25, 0.3) is 0 Å². The Hall–Kier alpha value is -0.450. The highest BCUT2D eigenvalue weighted by molar-refractivity contribution is 9.10. The van der Waals surface area contributed by atoms with Crippen molar-refractivity contribution in [3.8, 4) is 0 Å². The number of nitrogens with zero attached hydrogens (tertiary/aromatic N) is 2. The van der Waals surface area contributed by atoms with Crippen LogP contribution in [-0.4, -0.2) is 42.0 Å². The molecule has 1 saturated heterocycles. The van der Waals surface area contributed by atoms with Crippen LogP contribution in [-0.2, 0) is 6.54 Å². The second-order valence-corrected chi connectivity index (χ2v) is 6.55. The van der Waals surface area contributed by atoms with Gasteiger partial charge in [-0.1, -0.05) is 6.07 Å². The Balaban J connectivity index is 2.04. The van der Waals surface area contributed by atoms with E-state index in [1.165, 1.54) is 6.07 Å². The van der Waals surface area contributed by atoms with Crippen LogP contribution < -0.4 is 0 Å². The Morgan fingerprint density at radius 2 is 2.06 bits per heavy atom. The minimum atomic E-state index is -0.197. The number of benzene rings is 1. The lowest BCUT2D eigenvalue weighted by atomic mass is 9.99. The van der Waals surface area contributed by atoms with Crippen molar-refractivity contribution >= 4 is 15.9 Å². The van der Waals surface area contributed by atoms with Crippen molar-refractivity contribution < 1.29 is 4.39 Å². The molecule has 100 valence electrons. The van der Waals surface area contributed by atoms with Crippen LogP contribution in [0.2, 0.25) is 0 Å². The van der Waals surface area contributed by atoms with Crippen LogP contribution in [0.5, 0.6) is 0 Å². The van der Waals surface area contributed by atoms with E-state index >= 15 is 0 Å². The van der Waals surface area contributed by atoms with Crippen molar-refractivity contribution in [3.05, 3.63) is 34.1 Å². The van der Waals surface area contributed by atoms with Crippen LogP contribution in [0.4, 0.5) is 4.39 Å². The molecule has 2 nitrogen and oxygen atoms in total. The molecule has 1 aromatic rings. The SMILES string of the molecule is CN1CCN(Cc2ccc(F)c(Br)c2)CC1(C)C. The smallest absolute Gasteiger partial charge is 0.137 e. The van der Waals surface area contributed by atoms with Gasteiger partial charge >= 0.3 is 0 Å². The van der Waals surface area contributed by atoms with E-state index in [-0.39, 0.29) is 11.4 Å². The molecule has 4 heteroatoms. The Bertz CT molecular complexity index is 434. The molecule has 1 aliphatic heterocycles. The zero-order valence-electron chi connectivity index (χ0n) is 11.2. The molecule has 0 bridgehead atoms. The van der Waals surface area contributed by atoms with Gasteiger partial charge in [0.05, 0.1) is 4.47 Å². The van der Waals surface area contributed by atoms with Crippen molar-refractivity contribution in [2.75, 3.05) is 26.7 Å². The van der Waals surface area contributed by atoms with Crippen LogP contribution >= 0.6 is 15.9 Å². The van der Waals surface area contributed by atoms with Crippen LogP contribution in [0.25, 0.3) is 0 Å². The standard InChI is InChI=1S/C14H20BrFN2/c1-14(2)10-18(7-6-17(14)3)9-11-4-5-13(16)12(15)8-11/h4-5,8H,6-7,9-10H2,1-3H3. The van der Waals surface area contributed by atoms with Crippen molar-refractivity contribution in [3.63, 3.8) is 0 Å². The number of piperazine rings is 1. The van der Waals surface area contributed by atoms with E-state index in [0.717, 1.165) is 31.7 Å². The van der Waals surface area contributed by atoms with Gasteiger partial charge in [0.2, 0.25) is 0 Å². The van der Waals surface area contributed by atoms with Gasteiger partial charge < -0.3 is 0 Å². The zero-order valence-corrected chi connectivity index (χ0v) is 12.8. The van der Waals surface area contributed by atoms with E-state index in [9.17, 15) is 4.39 Å². The van der Waals surface area contributed by atoms with Gasteiger partial charge in [0, 0.05) is 31.7 Å². The van der Waals surface area contributed by atoms with Gasteiger partial charge in [-0.15, -0.1) is 0 Å². The molecule has 18 heavy (non-hydrogen) atoms. The number of rotatable bonds is 2. The highest BCUT2D eigenvalue weighted by Gasteiger charge is 2.30. The molecule has 1 fully saturated rings. The van der Waals surface area contributed by atoms with Gasteiger partial charge in [0.1, 0.15) is 5.82 Å². The van der Waals surface area contributed by atoms with Crippen molar-refractivity contribution in [2.45, 2.75) is 25.9 Å². The summed E-state index contributed by atoms with van der Waals surface area (Å²) < 4.78 is 13.7. The van der Waals surface area contributed by atoms with Gasteiger partial charge in [-0.2, -0.15) is 0 Å². The lowest BCUT2D eigenvalue weighted by Gasteiger charge is -2.45. The third-order valence-corrected chi connectivity index (χ3v) is 4.39. The summed E-state index contributed by atoms with van der Waals surface area (Å²) in [7, 11) is 2.17. The highest BCUT2D eigenvalue weighted by Crippen LogP contribution is 2.22. The molecule has 0 aliphatic carbocycles. The Morgan fingerprint density at radius 3 is 2.67 bits per heavy atom. The first-order chi connectivity index (χ1) is 8.38. The molecule has 0 saturated carbocycles. The number of halogens is 2. The fraction of sp³-hybridized carbons (Fsp3) is 0.571. The van der Waals surface area contributed by atoms with E-state index in [1.807, 2.05) is 12.1 Å². The summed E-state index contributed by atoms with van der Waals surface area (Å²) in [6.07, 6.45) is 0. The molecule has 2 rings (SSSR count). The Morgan fingerprint density at radius 1 is 1.33 bits per heavy atom. The third kappa shape index (κ3) is 3.11. The van der Waals surface area contributed by atoms with Gasteiger partial charge in [-0.05, 0) is 54.5 Å². The molecule has 0 radical (unpaired) electrons. The highest BCUT2D eigenvalue weighted by atomic mass is 79.9. The summed E-state index contributed by atoms with van der Waals surface area (Å²) in [5.41, 5.74) is 1.36. The average Bonchev–Trinajstić information content (AvgIpc) is 2.28. The molecular formula is C14H20BrFN2. The number of hydrogen-bond acceptors (Lipinski definition) is 2. The topological polar surface area (TPSA) is 6.48 Å². The fourth-order valence-electron chi connectivity index (χ4n) is 2.37. The van der Waals surface area contributed by atoms with E-state index < -0.39 is 0 Å². The number of hydrogen-bond donors (Lipinski definition) is 0. The van der Waals surface area contributed by atoms with E-state index in [0.29, 0.717) is 4.47 Å². The summed E-state index contributed by atoms with van der Waals surface area (Å²) in [6.45, 7) is 8.60. The first-order valence-corrected chi connectivity index (χ1v) is 7.05. The second-order valence-electron chi connectivity index (χ2n) is 5.69. The minimum Gasteiger partial charge on any atom is -0.299 e. The maximum absolute atomic E-state index is 13.2. The largest absolute Gasteiger partial charge is 0.299 e. The molecule has 0 amide bonds. The summed E-state index contributed by atoms with van der Waals surface area (Å²) in [4.78, 5) is 4.82. The van der Waals surface area contributed by atoms with Crippen LogP contribution in [0, 0.1) is 5.82 Å². The van der Waals surface area contributed by atoms with Crippen molar-refractivity contribution in [1.82, 2.24) is 9.80 Å². The lowest BCUT2D eigenvalue weighted by molar-refractivity contribution is 0.0360. The second kappa shape index (κ2) is 5.27. The van der Waals surface area contributed by atoms with Crippen molar-refractivity contribution in [2.24, 2.45) is 0 Å².